The van der Waals surface area contributed by atoms with Gasteiger partial charge in [-0.1, -0.05) is 32.0 Å². The number of anilines is 1. The van der Waals surface area contributed by atoms with E-state index < -0.39 is 18.4 Å². The van der Waals surface area contributed by atoms with Gasteiger partial charge in [0, 0.05) is 44.0 Å². The van der Waals surface area contributed by atoms with Crippen LogP contribution in [0.5, 0.6) is 0 Å². The summed E-state index contributed by atoms with van der Waals surface area (Å²) < 4.78 is 6.27. The molecule has 1 aliphatic carbocycles. The normalized spacial score (nSPS) is 48.2. The second kappa shape index (κ2) is 7.16. The number of quaternary nitrogens is 1. The first-order valence-electron chi connectivity index (χ1n) is 12.7. The summed E-state index contributed by atoms with van der Waals surface area (Å²) in [6, 6.07) is 9.17. The van der Waals surface area contributed by atoms with Crippen molar-refractivity contribution in [2.75, 3.05) is 31.7 Å². The molecule has 5 heterocycles. The number of para-hydroxylation sites is 1. The number of likely N-dealkylation sites (N-methyl/N-ethyl adjacent to an activating group) is 1. The molecule has 1 aromatic carbocycles. The minimum atomic E-state index is -0.606. The third kappa shape index (κ3) is 2.28. The van der Waals surface area contributed by atoms with Crippen molar-refractivity contribution in [3.05, 3.63) is 29.8 Å². The van der Waals surface area contributed by atoms with Crippen LogP contribution >= 0.6 is 0 Å². The number of hydrogen-bond donors (Lipinski definition) is 3. The molecular weight excluding hydrogens is 404 g/mol. The lowest BCUT2D eigenvalue weighted by Crippen LogP contribution is -2.83. The second-order valence-electron chi connectivity index (χ2n) is 11.3. The molecule has 5 bridgehead atoms. The van der Waals surface area contributed by atoms with E-state index in [4.69, 9.17) is 4.74 Å². The Labute approximate surface area is 191 Å². The number of piperidine rings is 4. The summed E-state index contributed by atoms with van der Waals surface area (Å²) in [6.45, 7) is 5.74. The van der Waals surface area contributed by atoms with Gasteiger partial charge in [0.25, 0.3) is 0 Å². The van der Waals surface area contributed by atoms with Gasteiger partial charge in [-0.15, -0.1) is 0 Å². The highest BCUT2D eigenvalue weighted by Crippen LogP contribution is 2.71. The number of nitrogens with zero attached hydrogens (tertiary/aromatic N) is 2. The van der Waals surface area contributed by atoms with Crippen LogP contribution in [0.25, 0.3) is 0 Å². The highest BCUT2D eigenvalue weighted by Gasteiger charge is 2.83. The molecule has 3 N–H and O–H groups in total. The number of hydrogen-bond acceptors (Lipinski definition) is 5. The quantitative estimate of drug-likeness (QED) is 0.443. The Morgan fingerprint density at radius 2 is 2.00 bits per heavy atom. The van der Waals surface area contributed by atoms with Crippen LogP contribution < -0.4 is 4.90 Å². The van der Waals surface area contributed by atoms with E-state index in [1.165, 1.54) is 11.3 Å². The molecule has 1 saturated carbocycles. The molecule has 176 valence electrons. The SMILES string of the molecule is CCCOCC(O)C[N+]12[C@H](O)[C@@H](CC)C3C[C@H]1[C@@H]1N(C)c4ccccc4C14C[C@H]2C3C4O. The Morgan fingerprint density at radius 1 is 1.22 bits per heavy atom. The summed E-state index contributed by atoms with van der Waals surface area (Å²) in [4.78, 5) is 2.40. The van der Waals surface area contributed by atoms with Crippen LogP contribution in [-0.4, -0.2) is 83.2 Å². The van der Waals surface area contributed by atoms with Crippen LogP contribution in [-0.2, 0) is 10.2 Å². The van der Waals surface area contributed by atoms with Crippen molar-refractivity contribution in [3.63, 3.8) is 0 Å². The van der Waals surface area contributed by atoms with Gasteiger partial charge < -0.3 is 25.0 Å². The van der Waals surface area contributed by atoms with E-state index in [-0.39, 0.29) is 35.4 Å². The standard InChI is InChI=1S/C26H39N2O4/c1-4-10-32-14-15(29)13-28-20-11-17(16(5-2)25(28)31)22-21(28)12-26(24(22)30)18-8-6-7-9-19(18)27(3)23(20)26/h6-9,15-17,20-25,29-31H,4-5,10-14H2,1-3H3/q+1/t15?,16-,17?,20-,21-,22?,23-,24?,25+,26?,28?/m0/s1. The maximum absolute atomic E-state index is 12.0. The molecule has 7 rings (SSSR count). The summed E-state index contributed by atoms with van der Waals surface area (Å²) in [7, 11) is 2.17. The molecule has 0 amide bonds. The van der Waals surface area contributed by atoms with E-state index in [0.29, 0.717) is 30.2 Å². The van der Waals surface area contributed by atoms with Crippen molar-refractivity contribution in [1.29, 1.82) is 0 Å². The lowest BCUT2D eigenvalue weighted by molar-refractivity contribution is -1.04. The summed E-state index contributed by atoms with van der Waals surface area (Å²) in [5.74, 6) is 0.729. The van der Waals surface area contributed by atoms with Gasteiger partial charge in [-0.25, -0.2) is 0 Å². The predicted octanol–water partition coefficient (Wildman–Crippen LogP) is 1.86. The first kappa shape index (κ1) is 21.4. The van der Waals surface area contributed by atoms with Crippen molar-refractivity contribution in [3.8, 4) is 0 Å². The highest BCUT2D eigenvalue weighted by atomic mass is 16.5. The van der Waals surface area contributed by atoms with Gasteiger partial charge in [0.05, 0.1) is 30.2 Å². The van der Waals surface area contributed by atoms with Gasteiger partial charge >= 0.3 is 0 Å². The largest absolute Gasteiger partial charge is 0.392 e. The number of ether oxygens (including phenoxy) is 1. The number of benzene rings is 1. The minimum Gasteiger partial charge on any atom is -0.392 e. The fourth-order valence-corrected chi connectivity index (χ4v) is 9.54. The van der Waals surface area contributed by atoms with Crippen molar-refractivity contribution in [1.82, 2.24) is 0 Å². The Bertz CT molecular complexity index is 896. The molecule has 11 atom stereocenters. The summed E-state index contributed by atoms with van der Waals surface area (Å²) in [6.07, 6.45) is 2.30. The van der Waals surface area contributed by atoms with Crippen LogP contribution in [0.4, 0.5) is 5.69 Å². The maximum Gasteiger partial charge on any atom is 0.194 e. The number of rotatable bonds is 7. The molecule has 5 aliphatic heterocycles. The molecule has 6 aliphatic rings. The van der Waals surface area contributed by atoms with E-state index in [1.807, 2.05) is 0 Å². The fourth-order valence-electron chi connectivity index (χ4n) is 9.54. The van der Waals surface area contributed by atoms with Gasteiger partial charge in [-0.3, -0.25) is 4.48 Å². The van der Waals surface area contributed by atoms with Crippen molar-refractivity contribution >= 4 is 5.69 Å². The van der Waals surface area contributed by atoms with Crippen LogP contribution in [0.15, 0.2) is 24.3 Å². The number of aliphatic hydroxyl groups is 3. The maximum atomic E-state index is 12.0. The number of aliphatic hydroxyl groups excluding tert-OH is 3. The average Bonchev–Trinajstić information content (AvgIpc) is 3.17. The van der Waals surface area contributed by atoms with E-state index >= 15 is 0 Å². The zero-order chi connectivity index (χ0) is 22.4. The molecule has 6 heteroatoms. The number of fused-ring (bicyclic) bond motifs is 2. The Balaban J connectivity index is 1.47. The van der Waals surface area contributed by atoms with Gasteiger partial charge in [0.2, 0.25) is 0 Å². The van der Waals surface area contributed by atoms with E-state index in [9.17, 15) is 15.3 Å². The first-order chi connectivity index (χ1) is 15.4. The van der Waals surface area contributed by atoms with Crippen LogP contribution in [0.2, 0.25) is 0 Å². The molecule has 0 radical (unpaired) electrons. The zero-order valence-corrected chi connectivity index (χ0v) is 19.6. The van der Waals surface area contributed by atoms with Crippen molar-refractivity contribution in [2.24, 2.45) is 17.8 Å². The minimum absolute atomic E-state index is 0.150. The Kier molecular flexibility index (Phi) is 4.78. The van der Waals surface area contributed by atoms with Crippen LogP contribution in [0.1, 0.15) is 45.1 Å². The van der Waals surface area contributed by atoms with E-state index in [0.717, 1.165) is 25.7 Å². The Hall–Kier alpha value is -1.18. The summed E-state index contributed by atoms with van der Waals surface area (Å²) in [5.41, 5.74) is 2.27. The topological polar surface area (TPSA) is 73.2 Å². The summed E-state index contributed by atoms with van der Waals surface area (Å²) in [5, 5.41) is 35.0. The van der Waals surface area contributed by atoms with Crippen molar-refractivity contribution in [2.45, 2.75) is 81.5 Å². The second-order valence-corrected chi connectivity index (χ2v) is 11.3. The van der Waals surface area contributed by atoms with Crippen LogP contribution in [0, 0.1) is 17.8 Å². The zero-order valence-electron chi connectivity index (χ0n) is 19.6. The molecule has 6 nitrogen and oxygen atoms in total. The predicted molar refractivity (Wildman–Crippen MR) is 122 cm³/mol. The molecule has 32 heavy (non-hydrogen) atoms. The fraction of sp³-hybridized carbons (Fsp3) is 0.769. The van der Waals surface area contributed by atoms with Gasteiger partial charge in [0.1, 0.15) is 18.7 Å². The third-order valence-electron chi connectivity index (χ3n) is 10.3. The summed E-state index contributed by atoms with van der Waals surface area (Å²) >= 11 is 0. The van der Waals surface area contributed by atoms with E-state index in [2.05, 4.69) is 50.1 Å². The molecule has 5 fully saturated rings. The average molecular weight is 444 g/mol. The van der Waals surface area contributed by atoms with Gasteiger partial charge in [0.15, 0.2) is 6.23 Å². The van der Waals surface area contributed by atoms with E-state index in [1.54, 1.807) is 0 Å². The molecular formula is C26H39N2O4+. The highest BCUT2D eigenvalue weighted by molar-refractivity contribution is 5.66. The monoisotopic (exact) mass is 443 g/mol. The molecule has 1 aromatic rings. The molecule has 0 aromatic heterocycles. The van der Waals surface area contributed by atoms with Gasteiger partial charge in [-0.05, 0) is 30.4 Å². The molecule has 6 unspecified atom stereocenters. The smallest absolute Gasteiger partial charge is 0.194 e. The molecule has 4 saturated heterocycles. The van der Waals surface area contributed by atoms with Crippen LogP contribution in [0.3, 0.4) is 0 Å². The lowest BCUT2D eigenvalue weighted by atomic mass is 9.60. The molecule has 1 spiro atoms. The Morgan fingerprint density at radius 3 is 2.75 bits per heavy atom. The third-order valence-corrected chi connectivity index (χ3v) is 10.3. The van der Waals surface area contributed by atoms with Gasteiger partial charge in [-0.2, -0.15) is 0 Å². The lowest BCUT2D eigenvalue weighted by Gasteiger charge is -2.68. The van der Waals surface area contributed by atoms with Crippen molar-refractivity contribution < 1.29 is 24.5 Å². The first-order valence-corrected chi connectivity index (χ1v) is 12.7.